The number of benzene rings is 1. The number of unbranched alkanes of at least 4 members (excludes halogenated alkanes) is 6. The molecule has 1 heterocycles. The number of H-pyrrole nitrogens is 1. The standard InChI is InChI=1S/C31H52N10O4/c32-24(13-18-39-31(34)35)29(44)37-16-10-4-8-15-36-14-7-2-1-3-9-17-38-30(45)26(20-27(33)42)41-28(43)19-22-21-40-25-12-6-5-11-23(22)25/h5-6,11-12,21,24,26,36,40H,1-4,7-10,13-20,32H2,(H2,33,42)(H,37,44)(H,38,45)(H,41,43)(H4,34,35,39)/t24-,26+/m1/s1. The van der Waals surface area contributed by atoms with E-state index in [9.17, 15) is 19.2 Å². The van der Waals surface area contributed by atoms with Gasteiger partial charge in [-0.1, -0.05) is 43.9 Å². The quantitative estimate of drug-likeness (QED) is 0.0434. The van der Waals surface area contributed by atoms with E-state index >= 15 is 0 Å². The van der Waals surface area contributed by atoms with E-state index in [4.69, 9.17) is 22.9 Å². The topological polar surface area (TPSA) is 249 Å². The fourth-order valence-corrected chi connectivity index (χ4v) is 4.83. The van der Waals surface area contributed by atoms with Crippen molar-refractivity contribution in [3.8, 4) is 0 Å². The van der Waals surface area contributed by atoms with Crippen LogP contribution in [0.15, 0.2) is 35.5 Å². The predicted molar refractivity (Wildman–Crippen MR) is 177 cm³/mol. The van der Waals surface area contributed by atoms with Gasteiger partial charge in [0.1, 0.15) is 6.04 Å². The summed E-state index contributed by atoms with van der Waals surface area (Å²) in [4.78, 5) is 55.7. The average Bonchev–Trinajstić information content (AvgIpc) is 3.40. The number of nitrogens with one attached hydrogen (secondary N) is 5. The number of para-hydroxylation sites is 1. The molecule has 14 heteroatoms. The van der Waals surface area contributed by atoms with Crippen molar-refractivity contribution in [2.24, 2.45) is 27.9 Å². The monoisotopic (exact) mass is 628 g/mol. The van der Waals surface area contributed by atoms with Gasteiger partial charge in [0.15, 0.2) is 5.96 Å². The van der Waals surface area contributed by atoms with Crippen LogP contribution in [-0.4, -0.2) is 79.4 Å². The van der Waals surface area contributed by atoms with Crippen LogP contribution in [0.2, 0.25) is 0 Å². The Labute approximate surface area is 265 Å². The second-order valence-electron chi connectivity index (χ2n) is 11.2. The van der Waals surface area contributed by atoms with Crippen LogP contribution in [0.25, 0.3) is 10.9 Å². The molecule has 0 radical (unpaired) electrons. The highest BCUT2D eigenvalue weighted by molar-refractivity contribution is 5.94. The fourth-order valence-electron chi connectivity index (χ4n) is 4.83. The first-order valence-corrected chi connectivity index (χ1v) is 15.9. The van der Waals surface area contributed by atoms with Crippen molar-refractivity contribution in [3.05, 3.63) is 36.0 Å². The summed E-state index contributed by atoms with van der Waals surface area (Å²) >= 11 is 0. The van der Waals surface area contributed by atoms with Crippen LogP contribution in [0.1, 0.15) is 69.8 Å². The molecular weight excluding hydrogens is 576 g/mol. The second kappa shape index (κ2) is 21.5. The Bertz CT molecular complexity index is 1230. The molecule has 2 aromatic rings. The first-order chi connectivity index (χ1) is 21.7. The Morgan fingerprint density at radius 1 is 0.800 bits per heavy atom. The van der Waals surface area contributed by atoms with Crippen LogP contribution in [0.5, 0.6) is 0 Å². The smallest absolute Gasteiger partial charge is 0.243 e. The number of nitrogens with two attached hydrogens (primary N) is 4. The molecular formula is C31H52N10O4. The summed E-state index contributed by atoms with van der Waals surface area (Å²) in [5, 5.41) is 12.7. The number of carbonyl (C=O) groups excluding carboxylic acids is 4. The number of aromatic amines is 1. The molecule has 1 aromatic heterocycles. The van der Waals surface area contributed by atoms with Crippen molar-refractivity contribution >= 4 is 40.5 Å². The summed E-state index contributed by atoms with van der Waals surface area (Å²) in [6.07, 6.45) is 9.93. The fraction of sp³-hybridized carbons (Fsp3) is 0.581. The molecule has 2 atom stereocenters. The zero-order chi connectivity index (χ0) is 32.9. The largest absolute Gasteiger partial charge is 0.370 e. The Balaban J connectivity index is 1.46. The summed E-state index contributed by atoms with van der Waals surface area (Å²) in [7, 11) is 0. The molecule has 4 amide bonds. The first-order valence-electron chi connectivity index (χ1n) is 15.9. The lowest BCUT2D eigenvalue weighted by Gasteiger charge is -2.17. The minimum absolute atomic E-state index is 0.00797. The lowest BCUT2D eigenvalue weighted by atomic mass is 10.1. The van der Waals surface area contributed by atoms with Gasteiger partial charge in [0, 0.05) is 36.7 Å². The van der Waals surface area contributed by atoms with Crippen molar-refractivity contribution in [1.82, 2.24) is 26.3 Å². The number of primary amides is 1. The van der Waals surface area contributed by atoms with E-state index < -0.39 is 23.9 Å². The van der Waals surface area contributed by atoms with Crippen LogP contribution in [-0.2, 0) is 25.6 Å². The van der Waals surface area contributed by atoms with Gasteiger partial charge in [0.25, 0.3) is 0 Å². The highest BCUT2D eigenvalue weighted by atomic mass is 16.2. The Hall–Kier alpha value is -4.17. The van der Waals surface area contributed by atoms with E-state index in [0.29, 0.717) is 26.1 Å². The van der Waals surface area contributed by atoms with Crippen molar-refractivity contribution in [1.29, 1.82) is 0 Å². The molecule has 0 saturated heterocycles. The molecule has 0 aliphatic rings. The second-order valence-corrected chi connectivity index (χ2v) is 11.2. The molecule has 0 bridgehead atoms. The maximum absolute atomic E-state index is 12.7. The van der Waals surface area contributed by atoms with Crippen LogP contribution in [0.3, 0.4) is 0 Å². The van der Waals surface area contributed by atoms with Gasteiger partial charge in [-0.2, -0.15) is 0 Å². The minimum atomic E-state index is -1.00. The zero-order valence-corrected chi connectivity index (χ0v) is 26.2. The number of nitrogens with zero attached hydrogens (tertiary/aromatic N) is 1. The number of aromatic nitrogens is 1. The first kappa shape index (κ1) is 37.0. The molecule has 0 unspecified atom stereocenters. The molecule has 0 aliphatic carbocycles. The van der Waals surface area contributed by atoms with Crippen molar-refractivity contribution in [2.75, 3.05) is 32.7 Å². The molecule has 250 valence electrons. The molecule has 14 nitrogen and oxygen atoms in total. The van der Waals surface area contributed by atoms with Crippen molar-refractivity contribution in [3.63, 3.8) is 0 Å². The number of hydrogen-bond donors (Lipinski definition) is 9. The maximum Gasteiger partial charge on any atom is 0.243 e. The van der Waals surface area contributed by atoms with E-state index in [2.05, 4.69) is 31.2 Å². The molecule has 0 saturated carbocycles. The van der Waals surface area contributed by atoms with E-state index in [1.807, 2.05) is 24.3 Å². The molecule has 45 heavy (non-hydrogen) atoms. The number of amides is 4. The zero-order valence-electron chi connectivity index (χ0n) is 26.2. The van der Waals surface area contributed by atoms with E-state index in [1.54, 1.807) is 6.20 Å². The van der Waals surface area contributed by atoms with Gasteiger partial charge in [-0.05, 0) is 56.8 Å². The highest BCUT2D eigenvalue weighted by Crippen LogP contribution is 2.18. The summed E-state index contributed by atoms with van der Waals surface area (Å²) in [6, 6.07) is 6.03. The van der Waals surface area contributed by atoms with E-state index in [1.165, 1.54) is 0 Å². The molecule has 0 fully saturated rings. The van der Waals surface area contributed by atoms with Gasteiger partial charge in [-0.25, -0.2) is 0 Å². The Kier molecular flexibility index (Phi) is 17.7. The number of guanidine groups is 1. The molecule has 13 N–H and O–H groups in total. The number of rotatable bonds is 24. The van der Waals surface area contributed by atoms with Crippen LogP contribution < -0.4 is 44.2 Å². The van der Waals surface area contributed by atoms with E-state index in [0.717, 1.165) is 80.9 Å². The lowest BCUT2D eigenvalue weighted by Crippen LogP contribution is -2.49. The summed E-state index contributed by atoms with van der Waals surface area (Å²) in [5.41, 5.74) is 23.4. The van der Waals surface area contributed by atoms with Gasteiger partial charge in [-0.15, -0.1) is 0 Å². The third kappa shape index (κ3) is 15.9. The minimum Gasteiger partial charge on any atom is -0.370 e. The number of hydrogen-bond acceptors (Lipinski definition) is 7. The number of aliphatic imine (C=N–C) groups is 1. The molecule has 2 rings (SSSR count). The van der Waals surface area contributed by atoms with Gasteiger partial charge < -0.3 is 49.2 Å². The van der Waals surface area contributed by atoms with Crippen LogP contribution in [0, 0.1) is 0 Å². The lowest BCUT2D eigenvalue weighted by molar-refractivity contribution is -0.131. The molecule has 0 spiro atoms. The summed E-state index contributed by atoms with van der Waals surface area (Å²) < 4.78 is 0. The summed E-state index contributed by atoms with van der Waals surface area (Å²) in [6.45, 7) is 3.28. The van der Waals surface area contributed by atoms with Gasteiger partial charge in [-0.3, -0.25) is 24.2 Å². The van der Waals surface area contributed by atoms with E-state index in [-0.39, 0.29) is 30.6 Å². The van der Waals surface area contributed by atoms with Crippen LogP contribution >= 0.6 is 0 Å². The summed E-state index contributed by atoms with van der Waals surface area (Å²) in [5.74, 6) is -1.60. The van der Waals surface area contributed by atoms with Gasteiger partial charge in [0.2, 0.25) is 23.6 Å². The maximum atomic E-state index is 12.7. The van der Waals surface area contributed by atoms with Crippen molar-refractivity contribution in [2.45, 2.75) is 82.7 Å². The Morgan fingerprint density at radius 3 is 2.07 bits per heavy atom. The number of carbonyl (C=O) groups is 4. The van der Waals surface area contributed by atoms with Gasteiger partial charge in [0.05, 0.1) is 18.9 Å². The van der Waals surface area contributed by atoms with Crippen molar-refractivity contribution < 1.29 is 19.2 Å². The third-order valence-electron chi connectivity index (χ3n) is 7.31. The Morgan fingerprint density at radius 2 is 1.40 bits per heavy atom. The van der Waals surface area contributed by atoms with Gasteiger partial charge >= 0.3 is 0 Å². The van der Waals surface area contributed by atoms with Crippen LogP contribution in [0.4, 0.5) is 0 Å². The molecule has 0 aliphatic heterocycles. The normalized spacial score (nSPS) is 12.3. The SMILES string of the molecule is NC(=O)C[C@H](NC(=O)Cc1c[nH]c2ccccc12)C(=O)NCCCCCCCNCCCCCNC(=O)[C@H](N)CCN=C(N)N. The third-order valence-corrected chi connectivity index (χ3v) is 7.31. The highest BCUT2D eigenvalue weighted by Gasteiger charge is 2.23. The number of fused-ring (bicyclic) bond motifs is 1. The average molecular weight is 629 g/mol. The molecule has 1 aromatic carbocycles. The predicted octanol–water partition coefficient (Wildman–Crippen LogP) is 0.00420.